The zero-order valence-corrected chi connectivity index (χ0v) is 28.7. The molecule has 4 aromatic carbocycles. The van der Waals surface area contributed by atoms with Crippen LogP contribution in [0.2, 0.25) is 0 Å². The van der Waals surface area contributed by atoms with Gasteiger partial charge in [-0.05, 0) is 69.5 Å². The van der Waals surface area contributed by atoms with Crippen molar-refractivity contribution >= 4 is 27.5 Å². The van der Waals surface area contributed by atoms with Crippen molar-refractivity contribution in [1.29, 1.82) is 0 Å². The third-order valence-electron chi connectivity index (χ3n) is 8.03. The van der Waals surface area contributed by atoms with Crippen molar-refractivity contribution in [1.82, 2.24) is 10.2 Å². The van der Waals surface area contributed by atoms with E-state index in [-0.39, 0.29) is 35.5 Å². The summed E-state index contributed by atoms with van der Waals surface area (Å²) < 4.78 is 35.7. The molecule has 0 bridgehead atoms. The lowest BCUT2D eigenvalue weighted by atomic mass is 10.0. The van der Waals surface area contributed by atoms with E-state index >= 15 is 0 Å². The second-order valence-corrected chi connectivity index (χ2v) is 13.6. The summed E-state index contributed by atoms with van der Waals surface area (Å²) in [4.78, 5) is 30.3. The van der Waals surface area contributed by atoms with E-state index in [1.165, 1.54) is 17.0 Å². The van der Waals surface area contributed by atoms with Crippen LogP contribution in [0.4, 0.5) is 5.69 Å². The molecule has 0 fully saturated rings. The molecule has 2 amide bonds. The summed E-state index contributed by atoms with van der Waals surface area (Å²) in [7, 11) is -4.24. The fourth-order valence-electron chi connectivity index (χ4n) is 5.29. The van der Waals surface area contributed by atoms with Crippen LogP contribution in [0.5, 0.6) is 5.75 Å². The monoisotopic (exact) mass is 655 g/mol. The average molecular weight is 656 g/mol. The van der Waals surface area contributed by atoms with E-state index < -0.39 is 28.5 Å². The summed E-state index contributed by atoms with van der Waals surface area (Å²) in [5.74, 6) is -0.486. The summed E-state index contributed by atoms with van der Waals surface area (Å²) in [5, 5.41) is 3.07. The molecule has 0 spiro atoms. The van der Waals surface area contributed by atoms with E-state index in [2.05, 4.69) is 5.32 Å². The van der Waals surface area contributed by atoms with Crippen LogP contribution >= 0.6 is 0 Å². The normalized spacial score (nSPS) is 12.5. The van der Waals surface area contributed by atoms with Crippen LogP contribution in [0.3, 0.4) is 0 Å². The highest BCUT2D eigenvalue weighted by Gasteiger charge is 2.35. The number of hydrogen-bond donors (Lipinski definition) is 1. The fraction of sp³-hybridized carbons (Fsp3) is 0.316. The maximum Gasteiger partial charge on any atom is 0.264 e. The number of anilines is 1. The van der Waals surface area contributed by atoms with Crippen LogP contribution < -0.4 is 14.4 Å². The lowest BCUT2D eigenvalue weighted by Gasteiger charge is -2.34. The average Bonchev–Trinajstić information content (AvgIpc) is 3.06. The van der Waals surface area contributed by atoms with Crippen LogP contribution in [0.15, 0.2) is 108 Å². The van der Waals surface area contributed by atoms with E-state index in [9.17, 15) is 18.0 Å². The van der Waals surface area contributed by atoms with Gasteiger partial charge in [0, 0.05) is 19.0 Å². The number of nitrogens with zero attached hydrogens (tertiary/aromatic N) is 2. The number of amides is 2. The number of carbonyl (C=O) groups excluding carboxylic acids is 2. The highest BCUT2D eigenvalue weighted by Crippen LogP contribution is 2.33. The van der Waals surface area contributed by atoms with Crippen molar-refractivity contribution in [3.8, 4) is 5.75 Å². The van der Waals surface area contributed by atoms with Gasteiger partial charge in [0.2, 0.25) is 11.8 Å². The highest BCUT2D eigenvalue weighted by atomic mass is 32.2. The quantitative estimate of drug-likeness (QED) is 0.159. The Morgan fingerprint density at radius 2 is 1.47 bits per heavy atom. The zero-order chi connectivity index (χ0) is 34.0. The van der Waals surface area contributed by atoms with Gasteiger partial charge in [-0.3, -0.25) is 13.9 Å². The number of ether oxygens (including phenoxy) is 1. The Bertz CT molecular complexity index is 1740. The second kappa shape index (κ2) is 16.3. The molecule has 248 valence electrons. The van der Waals surface area contributed by atoms with Gasteiger partial charge in [-0.25, -0.2) is 8.42 Å². The highest BCUT2D eigenvalue weighted by molar-refractivity contribution is 7.92. The number of sulfonamides is 1. The molecule has 4 rings (SSSR count). The minimum Gasteiger partial charge on any atom is -0.492 e. The fourth-order valence-corrected chi connectivity index (χ4v) is 6.72. The number of nitrogens with one attached hydrogen (secondary N) is 1. The van der Waals surface area contributed by atoms with Crippen LogP contribution in [-0.4, -0.2) is 50.4 Å². The molecule has 4 aromatic rings. The van der Waals surface area contributed by atoms with Crippen LogP contribution in [0.1, 0.15) is 49.4 Å². The number of rotatable bonds is 15. The van der Waals surface area contributed by atoms with E-state index in [4.69, 9.17) is 4.74 Å². The number of aryl methyl sites for hydroxylation is 2. The van der Waals surface area contributed by atoms with Crippen molar-refractivity contribution in [2.75, 3.05) is 17.5 Å². The molecule has 0 aromatic heterocycles. The summed E-state index contributed by atoms with van der Waals surface area (Å²) in [6.07, 6.45) is 0.966. The maximum absolute atomic E-state index is 14.7. The molecule has 47 heavy (non-hydrogen) atoms. The van der Waals surface area contributed by atoms with Gasteiger partial charge in [0.25, 0.3) is 10.0 Å². The first-order chi connectivity index (χ1) is 22.5. The van der Waals surface area contributed by atoms with Gasteiger partial charge >= 0.3 is 0 Å². The Labute approximate surface area is 279 Å². The van der Waals surface area contributed by atoms with Gasteiger partial charge < -0.3 is 15.0 Å². The Kier molecular flexibility index (Phi) is 12.2. The van der Waals surface area contributed by atoms with Crippen LogP contribution in [0, 0.1) is 13.8 Å². The first-order valence-corrected chi connectivity index (χ1v) is 17.5. The molecule has 0 saturated heterocycles. The van der Waals surface area contributed by atoms with Crippen molar-refractivity contribution < 1.29 is 22.7 Å². The number of para-hydroxylation sites is 2. The van der Waals surface area contributed by atoms with E-state index in [1.54, 1.807) is 36.4 Å². The third kappa shape index (κ3) is 9.23. The van der Waals surface area contributed by atoms with Gasteiger partial charge in [-0.1, -0.05) is 96.9 Å². The molecule has 0 aliphatic heterocycles. The van der Waals surface area contributed by atoms with E-state index in [0.29, 0.717) is 18.8 Å². The third-order valence-corrected chi connectivity index (χ3v) is 9.80. The summed E-state index contributed by atoms with van der Waals surface area (Å²) in [6.45, 7) is 9.43. The molecule has 0 aliphatic carbocycles. The van der Waals surface area contributed by atoms with Crippen molar-refractivity contribution in [3.63, 3.8) is 0 Å². The standard InChI is InChI=1S/C38H45N3O5S/c1-6-30(5)39-38(43)35(25-31-15-9-8-10-16-31)40(26-32-17-13-14-29(4)24-32)37(42)27-41(34-18-11-12-19-36(34)46-7-2)47(44,45)33-22-20-28(3)21-23-33/h8-24,30,35H,6-7,25-27H2,1-5H3,(H,39,43)/t30-,35+/m1/s1. The Balaban J connectivity index is 1.84. The van der Waals surface area contributed by atoms with E-state index in [1.807, 2.05) is 89.2 Å². The topological polar surface area (TPSA) is 96.0 Å². The number of benzene rings is 4. The second-order valence-electron chi connectivity index (χ2n) is 11.8. The molecule has 0 aliphatic rings. The molecule has 0 heterocycles. The molecular formula is C38H45N3O5S. The smallest absolute Gasteiger partial charge is 0.264 e. The predicted molar refractivity (Wildman–Crippen MR) is 187 cm³/mol. The van der Waals surface area contributed by atoms with Gasteiger partial charge in [0.05, 0.1) is 17.2 Å². The molecular weight excluding hydrogens is 611 g/mol. The molecule has 0 unspecified atom stereocenters. The zero-order valence-electron chi connectivity index (χ0n) is 27.8. The largest absolute Gasteiger partial charge is 0.492 e. The number of carbonyl (C=O) groups is 2. The van der Waals surface area contributed by atoms with Crippen molar-refractivity contribution in [3.05, 3.63) is 125 Å². The Morgan fingerprint density at radius 1 is 0.809 bits per heavy atom. The van der Waals surface area contributed by atoms with Crippen molar-refractivity contribution in [2.24, 2.45) is 0 Å². The summed E-state index contributed by atoms with van der Waals surface area (Å²) >= 11 is 0. The van der Waals surface area contributed by atoms with Crippen molar-refractivity contribution in [2.45, 2.75) is 71.0 Å². The van der Waals surface area contributed by atoms with Gasteiger partial charge in [0.1, 0.15) is 18.3 Å². The van der Waals surface area contributed by atoms with Gasteiger partial charge in [-0.15, -0.1) is 0 Å². The Hall–Kier alpha value is -4.63. The Morgan fingerprint density at radius 3 is 2.13 bits per heavy atom. The molecule has 1 N–H and O–H groups in total. The molecule has 2 atom stereocenters. The van der Waals surface area contributed by atoms with Gasteiger partial charge in [-0.2, -0.15) is 0 Å². The van der Waals surface area contributed by atoms with Gasteiger partial charge in [0.15, 0.2) is 0 Å². The summed E-state index contributed by atoms with van der Waals surface area (Å²) in [6, 6.07) is 29.6. The van der Waals surface area contributed by atoms with Crippen LogP contribution in [-0.2, 0) is 32.6 Å². The van der Waals surface area contributed by atoms with Crippen LogP contribution in [0.25, 0.3) is 0 Å². The first kappa shape index (κ1) is 35.2. The van der Waals surface area contributed by atoms with E-state index in [0.717, 1.165) is 26.6 Å². The lowest BCUT2D eigenvalue weighted by Crippen LogP contribution is -2.54. The summed E-state index contributed by atoms with van der Waals surface area (Å²) in [5.41, 5.74) is 3.86. The minimum atomic E-state index is -4.24. The molecule has 9 heteroatoms. The maximum atomic E-state index is 14.7. The SMILES string of the molecule is CCOc1ccccc1N(CC(=O)N(Cc1cccc(C)c1)[C@@H](Cc1ccccc1)C(=O)N[C@H](C)CC)S(=O)(=O)c1ccc(C)cc1. The lowest BCUT2D eigenvalue weighted by molar-refractivity contribution is -0.140. The predicted octanol–water partition coefficient (Wildman–Crippen LogP) is 6.45. The first-order valence-electron chi connectivity index (χ1n) is 16.0. The number of hydrogen-bond acceptors (Lipinski definition) is 5. The molecule has 0 radical (unpaired) electrons. The molecule has 8 nitrogen and oxygen atoms in total. The minimum absolute atomic E-state index is 0.0442. The molecule has 0 saturated carbocycles.